The number of nitrogens with one attached hydrogen (secondary N) is 6. The topological polar surface area (TPSA) is 294 Å². The number of aromatic nitrogens is 15. The van der Waals surface area contributed by atoms with Crippen LogP contribution < -0.4 is 30.5 Å². The summed E-state index contributed by atoms with van der Waals surface area (Å²) in [5.41, 5.74) is 6.74. The SMILES string of the molecule is C[C@H](Nc1ncnc2nc[nH]c12)c1cc2cccc(Cl)c2c(N2CCCC2)n1.C[C@H](Nc1ncnc2nc[nH]c12)c1cc2cccc(Cl)c2c(N2CCN(S(C)(=O)=O)CC2)n1.C[C@H](Nc1ncnc2nc[nH]c12)c1cc2cccc(Cl)c2c(OCCN2CCCCC2)n1. The van der Waals surface area contributed by atoms with Crippen molar-refractivity contribution in [3.63, 3.8) is 0 Å². The number of hydrogen-bond acceptors (Lipinski definition) is 21. The summed E-state index contributed by atoms with van der Waals surface area (Å²) in [6.07, 6.45) is 16.8. The van der Waals surface area contributed by atoms with Gasteiger partial charge in [0.05, 0.1) is 80.9 Å². The van der Waals surface area contributed by atoms with Crippen LogP contribution in [-0.2, 0) is 10.0 Å². The van der Waals surface area contributed by atoms with Gasteiger partial charge in [-0.3, -0.25) is 4.90 Å². The zero-order valence-electron chi connectivity index (χ0n) is 51.7. The highest BCUT2D eigenvalue weighted by Crippen LogP contribution is 2.39. The number of likely N-dealkylation sites (tertiary alicyclic amines) is 1. The third kappa shape index (κ3) is 13.9. The maximum Gasteiger partial charge on any atom is 0.223 e. The first-order valence-electron chi connectivity index (χ1n) is 31.0. The van der Waals surface area contributed by atoms with Crippen molar-refractivity contribution in [3.8, 4) is 5.88 Å². The Morgan fingerprint density at radius 3 is 1.33 bits per heavy atom. The first-order valence-corrected chi connectivity index (χ1v) is 34.0. The van der Waals surface area contributed by atoms with Gasteiger partial charge in [0.25, 0.3) is 0 Å². The average molecular weight is 1330 g/mol. The molecule has 3 aliphatic rings. The van der Waals surface area contributed by atoms with Crippen molar-refractivity contribution in [2.24, 2.45) is 0 Å². The van der Waals surface area contributed by atoms with Crippen LogP contribution >= 0.6 is 34.8 Å². The van der Waals surface area contributed by atoms with Gasteiger partial charge in [0.1, 0.15) is 53.8 Å². The number of aromatic amines is 3. The van der Waals surface area contributed by atoms with E-state index in [1.54, 1.807) is 19.0 Å². The van der Waals surface area contributed by atoms with E-state index in [1.165, 1.54) is 61.6 Å². The number of piperazine rings is 1. The third-order valence-electron chi connectivity index (χ3n) is 17.0. The number of rotatable bonds is 16. The van der Waals surface area contributed by atoms with E-state index in [4.69, 9.17) is 54.5 Å². The van der Waals surface area contributed by atoms with E-state index in [0.717, 1.165) is 115 Å². The highest BCUT2D eigenvalue weighted by atomic mass is 35.5. The Balaban J connectivity index is 0.000000127. The van der Waals surface area contributed by atoms with E-state index in [9.17, 15) is 8.42 Å². The van der Waals surface area contributed by atoms with Gasteiger partial charge in [-0.05, 0) is 112 Å². The van der Waals surface area contributed by atoms with Crippen molar-refractivity contribution in [1.29, 1.82) is 0 Å². The van der Waals surface area contributed by atoms with Crippen LogP contribution in [0.2, 0.25) is 15.1 Å². The molecule has 15 rings (SSSR count). The second kappa shape index (κ2) is 27.7. The fraction of sp³-hybridized carbons (Fsp3) is 0.344. The van der Waals surface area contributed by atoms with Crippen LogP contribution in [0.5, 0.6) is 5.88 Å². The van der Waals surface area contributed by atoms with Gasteiger partial charge < -0.3 is 45.4 Å². The van der Waals surface area contributed by atoms with Crippen molar-refractivity contribution < 1.29 is 13.2 Å². The lowest BCUT2D eigenvalue weighted by molar-refractivity contribution is 0.181. The van der Waals surface area contributed by atoms with Crippen molar-refractivity contribution in [1.82, 2.24) is 84.0 Å². The molecule has 0 spiro atoms. The largest absolute Gasteiger partial charge is 0.476 e. The lowest BCUT2D eigenvalue weighted by Gasteiger charge is -2.35. The van der Waals surface area contributed by atoms with E-state index in [2.05, 4.69) is 110 Å². The molecule has 3 atom stereocenters. The summed E-state index contributed by atoms with van der Waals surface area (Å²) < 4.78 is 31.6. The zero-order valence-corrected chi connectivity index (χ0v) is 54.7. The number of nitrogens with zero attached hydrogens (tertiary/aromatic N) is 16. The third-order valence-corrected chi connectivity index (χ3v) is 19.2. The number of H-pyrrole nitrogens is 3. The molecule has 9 aromatic heterocycles. The van der Waals surface area contributed by atoms with E-state index in [-0.39, 0.29) is 18.1 Å². The number of piperidine rings is 1. The maximum absolute atomic E-state index is 11.9. The molecule has 93 heavy (non-hydrogen) atoms. The van der Waals surface area contributed by atoms with Gasteiger partial charge in [0.2, 0.25) is 15.9 Å². The molecule has 3 aliphatic heterocycles. The minimum absolute atomic E-state index is 0.0499. The molecule has 29 heteroatoms. The number of benzene rings is 3. The Morgan fingerprint density at radius 1 is 0.495 bits per heavy atom. The Labute approximate surface area is 551 Å². The fourth-order valence-corrected chi connectivity index (χ4v) is 13.7. The summed E-state index contributed by atoms with van der Waals surface area (Å²) in [7, 11) is -3.22. The molecule has 0 saturated carbocycles. The van der Waals surface area contributed by atoms with Crippen molar-refractivity contribution >= 4 is 140 Å². The minimum Gasteiger partial charge on any atom is -0.476 e. The van der Waals surface area contributed by atoms with Crippen LogP contribution in [0.15, 0.2) is 111 Å². The van der Waals surface area contributed by atoms with Gasteiger partial charge in [-0.25, -0.2) is 68.2 Å². The van der Waals surface area contributed by atoms with E-state index >= 15 is 0 Å². The molecule has 0 radical (unpaired) electrons. The Kier molecular flexibility index (Phi) is 18.7. The van der Waals surface area contributed by atoms with Crippen molar-refractivity contribution in [3.05, 3.63) is 143 Å². The monoisotopic (exact) mass is 1330 g/mol. The number of halogens is 3. The predicted molar refractivity (Wildman–Crippen MR) is 367 cm³/mol. The van der Waals surface area contributed by atoms with E-state index < -0.39 is 10.0 Å². The van der Waals surface area contributed by atoms with Gasteiger partial charge in [-0.15, -0.1) is 0 Å². The number of pyridine rings is 3. The molecule has 3 saturated heterocycles. The smallest absolute Gasteiger partial charge is 0.223 e. The number of fused-ring (bicyclic) bond motifs is 6. The molecule has 25 nitrogen and oxygen atoms in total. The number of anilines is 5. The first-order chi connectivity index (χ1) is 45.2. The van der Waals surface area contributed by atoms with Gasteiger partial charge in [-0.2, -0.15) is 4.31 Å². The molecule has 12 heterocycles. The molecular formula is C64H69Cl3N22O3S. The molecule has 0 unspecified atom stereocenters. The lowest BCUT2D eigenvalue weighted by Crippen LogP contribution is -2.48. The standard InChI is InChI=1S/C23H26ClN7O.C21H23ClN8O2S.C20H20ClN7/c1-15(29-22-20-21(26-13-25-20)27-14-28-22)18-12-16-6-5-7-17(24)19(16)23(30-18)32-11-10-31-8-3-2-4-9-31;1-13(27-20-18-19(24-11-23-18)25-12-26-20)16-10-14-4-3-5-15(22)17(14)21(28-16)29-6-8-30(9-7-29)33(2,31)32;1-12(26-19-17-18(23-10-22-17)24-11-25-19)15-9-13-5-4-6-14(21)16(13)20(27-15)28-7-2-3-8-28/h5-7,12-15H,2-4,8-11H2,1H3,(H2,25,26,27,28,29);3-5,10-13H,6-9H2,1-2H3,(H2,23,24,25,26,27);4-6,9-12H,2-3,7-8H2,1H3,(H2,22,23,24,25,26)/t15-;13-;12-/m000/s1. The van der Waals surface area contributed by atoms with Crippen molar-refractivity contribution in [2.75, 3.05) is 97.5 Å². The van der Waals surface area contributed by atoms with Gasteiger partial charge in [0, 0.05) is 56.6 Å². The van der Waals surface area contributed by atoms with Gasteiger partial charge in [-0.1, -0.05) is 77.6 Å². The Bertz CT molecular complexity index is 4750. The molecule has 0 aliphatic carbocycles. The van der Waals surface area contributed by atoms with Crippen molar-refractivity contribution in [2.45, 2.75) is 71.0 Å². The maximum atomic E-state index is 11.9. The van der Waals surface area contributed by atoms with Gasteiger partial charge in [0.15, 0.2) is 34.4 Å². The van der Waals surface area contributed by atoms with Crippen LogP contribution in [0.4, 0.5) is 29.1 Å². The quantitative estimate of drug-likeness (QED) is 0.0524. The summed E-state index contributed by atoms with van der Waals surface area (Å²) in [6, 6.07) is 23.4. The average Bonchev–Trinajstić information content (AvgIpc) is 0.858. The van der Waals surface area contributed by atoms with E-state index in [0.29, 0.717) is 83.1 Å². The highest BCUT2D eigenvalue weighted by Gasteiger charge is 2.28. The lowest BCUT2D eigenvalue weighted by atomic mass is 10.1. The van der Waals surface area contributed by atoms with Gasteiger partial charge >= 0.3 is 0 Å². The molecule has 6 N–H and O–H groups in total. The highest BCUT2D eigenvalue weighted by molar-refractivity contribution is 7.88. The normalized spacial score (nSPS) is 15.9. The summed E-state index contributed by atoms with van der Waals surface area (Å²) in [6.45, 7) is 13.8. The molecular weight excluding hydrogens is 1260 g/mol. The predicted octanol–water partition coefficient (Wildman–Crippen LogP) is 11.7. The Morgan fingerprint density at radius 2 is 0.892 bits per heavy atom. The molecule has 480 valence electrons. The Hall–Kier alpha value is -8.92. The number of ether oxygens (including phenoxy) is 1. The zero-order chi connectivity index (χ0) is 64.2. The first kappa shape index (κ1) is 62.9. The number of imidazole rings is 3. The number of hydrogen-bond donors (Lipinski definition) is 6. The second-order valence-corrected chi connectivity index (χ2v) is 26.5. The van der Waals surface area contributed by atoms with Crippen LogP contribution in [-0.4, -0.2) is 164 Å². The summed E-state index contributed by atoms with van der Waals surface area (Å²) in [5, 5.41) is 18.1. The van der Waals surface area contributed by atoms with Crippen LogP contribution in [0.1, 0.15) is 88.1 Å². The van der Waals surface area contributed by atoms with Crippen LogP contribution in [0, 0.1) is 0 Å². The minimum atomic E-state index is -3.22. The summed E-state index contributed by atoms with van der Waals surface area (Å²) in [5.74, 6) is 4.33. The molecule has 3 aromatic carbocycles. The van der Waals surface area contributed by atoms with Crippen LogP contribution in [0.3, 0.4) is 0 Å². The fourth-order valence-electron chi connectivity index (χ4n) is 12.1. The molecule has 3 fully saturated rings. The number of sulfonamides is 1. The van der Waals surface area contributed by atoms with E-state index in [1.807, 2.05) is 74.5 Å². The summed E-state index contributed by atoms with van der Waals surface area (Å²) in [4.78, 5) is 69.1. The summed E-state index contributed by atoms with van der Waals surface area (Å²) >= 11 is 19.7. The molecule has 0 amide bonds. The van der Waals surface area contributed by atoms with Crippen LogP contribution in [0.25, 0.3) is 65.8 Å². The second-order valence-electron chi connectivity index (χ2n) is 23.3. The molecule has 12 aromatic rings. The molecule has 0 bridgehead atoms.